The zero-order valence-electron chi connectivity index (χ0n) is 13.5. The fraction of sp³-hybridized carbons (Fsp3) is 0.933. The van der Waals surface area contributed by atoms with E-state index in [1.54, 1.807) is 0 Å². The van der Waals surface area contributed by atoms with E-state index in [1.807, 2.05) is 0 Å². The van der Waals surface area contributed by atoms with Crippen molar-refractivity contribution in [1.82, 2.24) is 10.2 Å². The van der Waals surface area contributed by atoms with Crippen LogP contribution in [0.5, 0.6) is 0 Å². The Morgan fingerprint density at radius 1 is 1.24 bits per heavy atom. The third-order valence-corrected chi connectivity index (χ3v) is 3.83. The van der Waals surface area contributed by atoms with Crippen molar-refractivity contribution in [2.24, 2.45) is 16.8 Å². The van der Waals surface area contributed by atoms with Gasteiger partial charge in [-0.2, -0.15) is 0 Å². The molecule has 6 heteroatoms. The fourth-order valence-corrected chi connectivity index (χ4v) is 3.09. The van der Waals surface area contributed by atoms with Gasteiger partial charge in [0.1, 0.15) is 6.10 Å². The quantitative estimate of drug-likeness (QED) is 0.438. The van der Waals surface area contributed by atoms with Gasteiger partial charge in [0.05, 0.1) is 26.4 Å². The number of piperidine rings is 1. The van der Waals surface area contributed by atoms with Crippen LogP contribution in [0.2, 0.25) is 0 Å². The summed E-state index contributed by atoms with van der Waals surface area (Å²) in [5.41, 5.74) is 0. The van der Waals surface area contributed by atoms with E-state index in [-0.39, 0.29) is 30.1 Å². The molecular formula is C15H30IN3O2. The molecule has 2 heterocycles. The van der Waals surface area contributed by atoms with Crippen LogP contribution in [0.15, 0.2) is 4.99 Å². The van der Waals surface area contributed by atoms with E-state index >= 15 is 0 Å². The Labute approximate surface area is 145 Å². The number of ether oxygens (including phenoxy) is 2. The summed E-state index contributed by atoms with van der Waals surface area (Å²) in [6.45, 7) is 12.6. The number of aliphatic imine (C=N–C) groups is 1. The van der Waals surface area contributed by atoms with Crippen molar-refractivity contribution in [3.05, 3.63) is 0 Å². The van der Waals surface area contributed by atoms with E-state index in [4.69, 9.17) is 14.5 Å². The summed E-state index contributed by atoms with van der Waals surface area (Å²) in [6, 6.07) is 0. The minimum Gasteiger partial charge on any atom is -0.376 e. The Kier molecular flexibility index (Phi) is 8.89. The normalized spacial score (nSPS) is 30.7. The molecule has 3 unspecified atom stereocenters. The highest BCUT2D eigenvalue weighted by atomic mass is 127. The molecule has 0 spiro atoms. The number of rotatable bonds is 3. The third kappa shape index (κ3) is 6.28. The molecule has 0 saturated carbocycles. The Morgan fingerprint density at radius 3 is 2.52 bits per heavy atom. The van der Waals surface area contributed by atoms with Crippen molar-refractivity contribution in [1.29, 1.82) is 0 Å². The van der Waals surface area contributed by atoms with E-state index in [0.717, 1.165) is 37.4 Å². The minimum atomic E-state index is 0. The standard InChI is InChI=1S/C15H29N3O2.HI/c1-4-16-15(17-8-14-11-19-5-6-20-14)18-9-12(2)7-13(3)10-18;/h12-14H,4-11H2,1-3H3,(H,16,17);1H. The van der Waals surface area contributed by atoms with Crippen molar-refractivity contribution in [3.8, 4) is 0 Å². The largest absolute Gasteiger partial charge is 0.376 e. The highest BCUT2D eigenvalue weighted by molar-refractivity contribution is 14.0. The van der Waals surface area contributed by atoms with Gasteiger partial charge in [0.15, 0.2) is 5.96 Å². The molecule has 0 bridgehead atoms. The first kappa shape index (κ1) is 19.0. The number of nitrogens with zero attached hydrogens (tertiary/aromatic N) is 2. The number of likely N-dealkylation sites (tertiary alicyclic amines) is 1. The molecule has 0 amide bonds. The van der Waals surface area contributed by atoms with Gasteiger partial charge < -0.3 is 19.7 Å². The van der Waals surface area contributed by atoms with Crippen molar-refractivity contribution < 1.29 is 9.47 Å². The number of hydrogen-bond donors (Lipinski definition) is 1. The predicted molar refractivity (Wildman–Crippen MR) is 96.5 cm³/mol. The maximum atomic E-state index is 5.66. The van der Waals surface area contributed by atoms with E-state index in [0.29, 0.717) is 26.4 Å². The average Bonchev–Trinajstić information content (AvgIpc) is 2.43. The smallest absolute Gasteiger partial charge is 0.194 e. The van der Waals surface area contributed by atoms with Gasteiger partial charge in [-0.15, -0.1) is 24.0 Å². The van der Waals surface area contributed by atoms with E-state index in [9.17, 15) is 0 Å². The zero-order chi connectivity index (χ0) is 14.4. The number of guanidine groups is 1. The molecule has 2 rings (SSSR count). The van der Waals surface area contributed by atoms with Crippen LogP contribution < -0.4 is 5.32 Å². The Bertz CT molecular complexity index is 312. The van der Waals surface area contributed by atoms with Gasteiger partial charge in [0.25, 0.3) is 0 Å². The molecule has 124 valence electrons. The lowest BCUT2D eigenvalue weighted by molar-refractivity contribution is -0.0833. The Morgan fingerprint density at radius 2 is 1.95 bits per heavy atom. The minimum absolute atomic E-state index is 0. The number of hydrogen-bond acceptors (Lipinski definition) is 3. The predicted octanol–water partition coefficient (Wildman–Crippen LogP) is 1.96. The first-order valence-electron chi connectivity index (χ1n) is 7.91. The molecule has 0 aromatic heterocycles. The SMILES string of the molecule is CCNC(=NCC1COCCO1)N1CC(C)CC(C)C1.I. The average molecular weight is 411 g/mol. The number of halogens is 1. The molecule has 5 nitrogen and oxygen atoms in total. The molecule has 2 fully saturated rings. The van der Waals surface area contributed by atoms with Crippen LogP contribution in [0.4, 0.5) is 0 Å². The summed E-state index contributed by atoms with van der Waals surface area (Å²) in [4.78, 5) is 7.15. The van der Waals surface area contributed by atoms with E-state index in [2.05, 4.69) is 31.0 Å². The second-order valence-electron chi connectivity index (χ2n) is 6.11. The van der Waals surface area contributed by atoms with Crippen LogP contribution in [0.25, 0.3) is 0 Å². The molecule has 21 heavy (non-hydrogen) atoms. The van der Waals surface area contributed by atoms with Crippen LogP contribution in [0, 0.1) is 11.8 Å². The fourth-order valence-electron chi connectivity index (χ4n) is 3.09. The van der Waals surface area contributed by atoms with Crippen LogP contribution >= 0.6 is 24.0 Å². The highest BCUT2D eigenvalue weighted by Gasteiger charge is 2.24. The molecule has 0 aliphatic carbocycles. The lowest BCUT2D eigenvalue weighted by Gasteiger charge is -2.37. The number of nitrogens with one attached hydrogen (secondary N) is 1. The lowest BCUT2D eigenvalue weighted by Crippen LogP contribution is -2.49. The maximum absolute atomic E-state index is 5.66. The summed E-state index contributed by atoms with van der Waals surface area (Å²) >= 11 is 0. The van der Waals surface area contributed by atoms with Gasteiger partial charge in [-0.1, -0.05) is 13.8 Å². The molecule has 2 saturated heterocycles. The van der Waals surface area contributed by atoms with Gasteiger partial charge in [-0.25, -0.2) is 0 Å². The molecule has 1 N–H and O–H groups in total. The Hall–Kier alpha value is -0.0800. The van der Waals surface area contributed by atoms with E-state index < -0.39 is 0 Å². The van der Waals surface area contributed by atoms with Crippen molar-refractivity contribution >= 4 is 29.9 Å². The monoisotopic (exact) mass is 411 g/mol. The third-order valence-electron chi connectivity index (χ3n) is 3.83. The summed E-state index contributed by atoms with van der Waals surface area (Å²) in [7, 11) is 0. The second-order valence-corrected chi connectivity index (χ2v) is 6.11. The van der Waals surface area contributed by atoms with Crippen LogP contribution in [0.3, 0.4) is 0 Å². The molecule has 0 radical (unpaired) electrons. The molecule has 2 aliphatic heterocycles. The van der Waals surface area contributed by atoms with Crippen molar-refractivity contribution in [3.63, 3.8) is 0 Å². The van der Waals surface area contributed by atoms with Crippen LogP contribution in [-0.4, -0.2) is 63.0 Å². The van der Waals surface area contributed by atoms with Crippen molar-refractivity contribution in [2.75, 3.05) is 46.0 Å². The highest BCUT2D eigenvalue weighted by Crippen LogP contribution is 2.20. The van der Waals surface area contributed by atoms with Gasteiger partial charge in [0.2, 0.25) is 0 Å². The summed E-state index contributed by atoms with van der Waals surface area (Å²) in [5, 5.41) is 3.41. The zero-order valence-corrected chi connectivity index (χ0v) is 15.8. The first-order chi connectivity index (χ1) is 9.69. The van der Waals surface area contributed by atoms with E-state index in [1.165, 1.54) is 6.42 Å². The summed E-state index contributed by atoms with van der Waals surface area (Å²) in [5.74, 6) is 2.49. The van der Waals surface area contributed by atoms with Gasteiger partial charge in [-0.3, -0.25) is 4.99 Å². The summed E-state index contributed by atoms with van der Waals surface area (Å²) in [6.07, 6.45) is 1.42. The lowest BCUT2D eigenvalue weighted by atomic mass is 9.92. The first-order valence-corrected chi connectivity index (χ1v) is 7.91. The molecule has 0 aromatic carbocycles. The van der Waals surface area contributed by atoms with Crippen LogP contribution in [0.1, 0.15) is 27.2 Å². The van der Waals surface area contributed by atoms with Gasteiger partial charge in [-0.05, 0) is 25.2 Å². The van der Waals surface area contributed by atoms with Gasteiger partial charge in [0, 0.05) is 19.6 Å². The maximum Gasteiger partial charge on any atom is 0.194 e. The van der Waals surface area contributed by atoms with Gasteiger partial charge >= 0.3 is 0 Å². The molecule has 2 aliphatic rings. The summed E-state index contributed by atoms with van der Waals surface area (Å²) < 4.78 is 11.1. The molecule has 0 aromatic rings. The molecule has 3 atom stereocenters. The molecular weight excluding hydrogens is 381 g/mol. The van der Waals surface area contributed by atoms with Crippen LogP contribution in [-0.2, 0) is 9.47 Å². The Balaban J connectivity index is 0.00000220. The topological polar surface area (TPSA) is 46.1 Å². The second kappa shape index (κ2) is 9.84. The van der Waals surface area contributed by atoms with Crippen molar-refractivity contribution in [2.45, 2.75) is 33.3 Å².